The van der Waals surface area contributed by atoms with Crippen LogP contribution in [-0.4, -0.2) is 5.11 Å². The Kier molecular flexibility index (Phi) is 7.64. The van der Waals surface area contributed by atoms with Gasteiger partial charge in [0.1, 0.15) is 6.10 Å². The first-order valence-corrected chi connectivity index (χ1v) is 8.33. The fourth-order valence-corrected chi connectivity index (χ4v) is 2.86. The van der Waals surface area contributed by atoms with E-state index in [0.717, 1.165) is 24.0 Å². The topological polar surface area (TPSA) is 20.2 Å². The number of aliphatic hydroxyl groups excluding tert-OH is 1. The van der Waals surface area contributed by atoms with Gasteiger partial charge < -0.3 is 5.11 Å². The van der Waals surface area contributed by atoms with Gasteiger partial charge in [-0.05, 0) is 35.3 Å². The van der Waals surface area contributed by atoms with Crippen LogP contribution in [0.1, 0.15) is 55.5 Å². The molecule has 0 bridgehead atoms. The fraction of sp³-hybridized carbons (Fsp3) is 0.368. The van der Waals surface area contributed by atoms with Crippen LogP contribution < -0.4 is 5.30 Å². The maximum Gasteiger partial charge on any atom is 0.104 e. The van der Waals surface area contributed by atoms with Crippen molar-refractivity contribution in [3.8, 4) is 0 Å². The summed E-state index contributed by atoms with van der Waals surface area (Å²) in [6.45, 7) is 8.22. The van der Waals surface area contributed by atoms with E-state index in [1.165, 1.54) is 16.4 Å². The SMILES string of the molecule is CC.CCCc1c(P)cccc1C(O)c1cccc(C)c1. The van der Waals surface area contributed by atoms with Crippen LogP contribution in [0, 0.1) is 6.92 Å². The fourth-order valence-electron chi connectivity index (χ4n) is 2.44. The molecule has 2 aromatic rings. The Hall–Kier alpha value is -1.17. The smallest absolute Gasteiger partial charge is 0.104 e. The van der Waals surface area contributed by atoms with Crippen LogP contribution in [0.3, 0.4) is 0 Å². The number of hydrogen-bond acceptors (Lipinski definition) is 1. The van der Waals surface area contributed by atoms with Gasteiger partial charge in [0.2, 0.25) is 0 Å². The molecule has 0 aliphatic heterocycles. The largest absolute Gasteiger partial charge is 0.384 e. The van der Waals surface area contributed by atoms with Crippen molar-refractivity contribution in [2.75, 3.05) is 0 Å². The van der Waals surface area contributed by atoms with Crippen molar-refractivity contribution in [3.05, 3.63) is 64.7 Å². The molecule has 0 aliphatic rings. The maximum atomic E-state index is 10.6. The summed E-state index contributed by atoms with van der Waals surface area (Å²) in [7, 11) is 2.78. The first kappa shape index (κ1) is 17.9. The van der Waals surface area contributed by atoms with Crippen molar-refractivity contribution >= 4 is 14.5 Å². The van der Waals surface area contributed by atoms with Crippen molar-refractivity contribution in [2.45, 2.75) is 46.6 Å². The lowest BCUT2D eigenvalue weighted by Gasteiger charge is -2.18. The summed E-state index contributed by atoms with van der Waals surface area (Å²) in [6.07, 6.45) is 1.54. The molecule has 1 N–H and O–H groups in total. The van der Waals surface area contributed by atoms with Gasteiger partial charge in [0.15, 0.2) is 0 Å². The Morgan fingerprint density at radius 2 is 1.76 bits per heavy atom. The molecule has 0 fully saturated rings. The number of benzene rings is 2. The van der Waals surface area contributed by atoms with Crippen LogP contribution in [-0.2, 0) is 6.42 Å². The minimum absolute atomic E-state index is 0.540. The summed E-state index contributed by atoms with van der Waals surface area (Å²) in [6, 6.07) is 14.2. The van der Waals surface area contributed by atoms with Gasteiger partial charge in [-0.15, -0.1) is 9.24 Å². The molecule has 2 atom stereocenters. The second-order valence-corrected chi connectivity index (χ2v) is 5.60. The Balaban J connectivity index is 0.00000106. The minimum atomic E-state index is -0.540. The Morgan fingerprint density at radius 1 is 1.10 bits per heavy atom. The van der Waals surface area contributed by atoms with Crippen LogP contribution >= 0.6 is 9.24 Å². The molecule has 1 nitrogen and oxygen atoms in total. The van der Waals surface area contributed by atoms with E-state index in [9.17, 15) is 5.11 Å². The molecule has 0 heterocycles. The first-order chi connectivity index (χ1) is 10.1. The summed E-state index contributed by atoms with van der Waals surface area (Å²) in [5.74, 6) is 0. The summed E-state index contributed by atoms with van der Waals surface area (Å²) in [5, 5.41) is 11.8. The van der Waals surface area contributed by atoms with Crippen molar-refractivity contribution in [1.82, 2.24) is 0 Å². The molecule has 0 aromatic heterocycles. The zero-order valence-electron chi connectivity index (χ0n) is 13.6. The summed E-state index contributed by atoms with van der Waals surface area (Å²) in [5.41, 5.74) is 4.42. The Morgan fingerprint density at radius 3 is 2.38 bits per heavy atom. The van der Waals surface area contributed by atoms with Crippen molar-refractivity contribution in [3.63, 3.8) is 0 Å². The summed E-state index contributed by atoms with van der Waals surface area (Å²) < 4.78 is 0. The summed E-state index contributed by atoms with van der Waals surface area (Å²) in [4.78, 5) is 0. The highest BCUT2D eigenvalue weighted by atomic mass is 31.0. The van der Waals surface area contributed by atoms with Gasteiger partial charge in [-0.3, -0.25) is 0 Å². The molecule has 0 amide bonds. The van der Waals surface area contributed by atoms with Crippen LogP contribution in [0.25, 0.3) is 0 Å². The van der Waals surface area contributed by atoms with Crippen molar-refractivity contribution in [2.24, 2.45) is 0 Å². The summed E-state index contributed by atoms with van der Waals surface area (Å²) >= 11 is 0. The molecule has 2 heteroatoms. The van der Waals surface area contributed by atoms with Gasteiger partial charge in [-0.1, -0.05) is 75.2 Å². The lowest BCUT2D eigenvalue weighted by molar-refractivity contribution is 0.219. The third-order valence-corrected chi connectivity index (χ3v) is 3.94. The second kappa shape index (κ2) is 8.97. The van der Waals surface area contributed by atoms with E-state index in [2.05, 4.69) is 41.3 Å². The van der Waals surface area contributed by atoms with E-state index in [1.54, 1.807) is 0 Å². The van der Waals surface area contributed by atoms with Gasteiger partial charge in [0.25, 0.3) is 0 Å². The average molecular weight is 302 g/mol. The molecule has 21 heavy (non-hydrogen) atoms. The number of aryl methyl sites for hydroxylation is 1. The predicted octanol–water partition coefficient (Wildman–Crippen LogP) is 4.56. The third kappa shape index (κ3) is 4.66. The molecule has 114 valence electrons. The number of rotatable bonds is 4. The molecular weight excluding hydrogens is 275 g/mol. The highest BCUT2D eigenvalue weighted by Gasteiger charge is 2.15. The molecule has 2 aromatic carbocycles. The van der Waals surface area contributed by atoms with E-state index < -0.39 is 6.10 Å². The highest BCUT2D eigenvalue weighted by molar-refractivity contribution is 7.27. The molecule has 0 saturated carbocycles. The van der Waals surface area contributed by atoms with E-state index in [0.29, 0.717) is 0 Å². The van der Waals surface area contributed by atoms with Crippen LogP contribution in [0.5, 0.6) is 0 Å². The van der Waals surface area contributed by atoms with E-state index >= 15 is 0 Å². The molecule has 0 saturated heterocycles. The van der Waals surface area contributed by atoms with Gasteiger partial charge in [0, 0.05) is 0 Å². The normalized spacial score (nSPS) is 11.5. The van der Waals surface area contributed by atoms with E-state index in [4.69, 9.17) is 0 Å². The van der Waals surface area contributed by atoms with E-state index in [1.807, 2.05) is 38.1 Å². The lowest BCUT2D eigenvalue weighted by atomic mass is 9.94. The van der Waals surface area contributed by atoms with Crippen LogP contribution in [0.2, 0.25) is 0 Å². The molecule has 2 unspecified atom stereocenters. The molecule has 0 aliphatic carbocycles. The van der Waals surface area contributed by atoms with Crippen molar-refractivity contribution < 1.29 is 5.11 Å². The Bertz CT molecular complexity index is 563. The van der Waals surface area contributed by atoms with Crippen molar-refractivity contribution in [1.29, 1.82) is 0 Å². The van der Waals surface area contributed by atoms with Gasteiger partial charge in [-0.25, -0.2) is 0 Å². The van der Waals surface area contributed by atoms with Gasteiger partial charge in [-0.2, -0.15) is 0 Å². The Labute approximate surface area is 131 Å². The zero-order chi connectivity index (χ0) is 15.8. The minimum Gasteiger partial charge on any atom is -0.384 e. The van der Waals surface area contributed by atoms with Crippen LogP contribution in [0.15, 0.2) is 42.5 Å². The van der Waals surface area contributed by atoms with Gasteiger partial charge >= 0.3 is 0 Å². The molecule has 0 radical (unpaired) electrons. The van der Waals surface area contributed by atoms with E-state index in [-0.39, 0.29) is 0 Å². The van der Waals surface area contributed by atoms with Gasteiger partial charge in [0.05, 0.1) is 0 Å². The molecular formula is C19H27OP. The third-order valence-electron chi connectivity index (χ3n) is 3.40. The van der Waals surface area contributed by atoms with Crippen LogP contribution in [0.4, 0.5) is 0 Å². The highest BCUT2D eigenvalue weighted by Crippen LogP contribution is 2.26. The standard InChI is InChI=1S/C17H21OP.C2H6/c1-3-6-14-15(9-5-10-16(14)19)17(18)13-8-4-7-12(2)11-13;1-2/h4-5,7-11,17-18H,3,6,19H2,1-2H3;1-2H3. The molecule has 2 rings (SSSR count). The monoisotopic (exact) mass is 302 g/mol. The lowest BCUT2D eigenvalue weighted by Crippen LogP contribution is -2.11. The predicted molar refractivity (Wildman–Crippen MR) is 96.4 cm³/mol. The quantitative estimate of drug-likeness (QED) is 0.821. The molecule has 0 spiro atoms. The maximum absolute atomic E-state index is 10.6. The number of hydrogen-bond donors (Lipinski definition) is 1. The second-order valence-electron chi connectivity index (χ2n) is 4.98. The number of aliphatic hydroxyl groups is 1. The average Bonchev–Trinajstić information content (AvgIpc) is 2.51. The zero-order valence-corrected chi connectivity index (χ0v) is 14.7. The first-order valence-electron chi connectivity index (χ1n) is 7.75.